The molecule has 0 aliphatic heterocycles. The van der Waals surface area contributed by atoms with Crippen molar-refractivity contribution in [2.75, 3.05) is 0 Å². The van der Waals surface area contributed by atoms with Crippen LogP contribution in [0.4, 0.5) is 0 Å². The van der Waals surface area contributed by atoms with E-state index in [2.05, 4.69) is 15.4 Å². The molecule has 0 radical (unpaired) electrons. The predicted octanol–water partition coefficient (Wildman–Crippen LogP) is 1.49. The largest absolute Gasteiger partial charge is 0.198 e. The second-order valence-electron chi connectivity index (χ2n) is 0.656. The van der Waals surface area contributed by atoms with Gasteiger partial charge in [-0.1, -0.05) is 0 Å². The second-order valence-corrected chi connectivity index (χ2v) is 0.656. The number of hydrogen-bond donors (Lipinski definition) is 1. The van der Waals surface area contributed by atoms with Gasteiger partial charge in [0.15, 0.2) is 0 Å². The molecule has 0 saturated heterocycles. The highest BCUT2D eigenvalue weighted by Gasteiger charge is 1.57. The van der Waals surface area contributed by atoms with Crippen molar-refractivity contribution in [2.45, 2.75) is 0 Å². The Bertz CT molecular complexity index is 70.3. The fraction of sp³-hybridized carbons (Fsp3) is 0. The lowest BCUT2D eigenvalue weighted by Crippen LogP contribution is -1.61. The summed E-state index contributed by atoms with van der Waals surface area (Å²) in [6.07, 6.45) is 3.17. The Hall–Kier alpha value is 0.300. The zero-order valence-electron chi connectivity index (χ0n) is 4.18. The molecule has 58 valence electrons. The normalized spacial score (nSPS) is 4.44. The van der Waals surface area contributed by atoms with Crippen molar-refractivity contribution in [2.24, 2.45) is 0 Å². The Kier molecular flexibility index (Phi) is 39.9. The number of hydrogen-bond acceptors (Lipinski definition) is 2. The molecule has 7 heteroatoms. The Morgan fingerprint density at radius 1 is 0.778 bits per heavy atom. The maximum absolute atomic E-state index is 3.49. The van der Waals surface area contributed by atoms with Crippen molar-refractivity contribution < 1.29 is 0 Å². The highest BCUT2D eigenvalue weighted by atomic mass is 35.5. The van der Waals surface area contributed by atoms with Crippen LogP contribution in [0.15, 0.2) is 12.4 Å². The Morgan fingerprint density at radius 2 is 1.11 bits per heavy atom. The van der Waals surface area contributed by atoms with Crippen LogP contribution in [0.25, 0.3) is 0 Å². The van der Waals surface area contributed by atoms with Gasteiger partial charge in [-0.3, -0.25) is 0 Å². The summed E-state index contributed by atoms with van der Waals surface area (Å²) in [5, 5.41) is 9.33. The number of aromatic nitrogens is 3. The average molecular weight is 215 g/mol. The zero-order chi connectivity index (χ0) is 3.54. The predicted molar refractivity (Wildman–Crippen MR) is 45.4 cm³/mol. The third kappa shape index (κ3) is 11.7. The highest BCUT2D eigenvalue weighted by Crippen LogP contribution is 1.55. The first kappa shape index (κ1) is 22.8. The summed E-state index contributed by atoms with van der Waals surface area (Å²) < 4.78 is 0. The van der Waals surface area contributed by atoms with E-state index in [0.717, 1.165) is 0 Å². The summed E-state index contributed by atoms with van der Waals surface area (Å²) in [5.41, 5.74) is 0. The first-order valence-corrected chi connectivity index (χ1v) is 1.30. The van der Waals surface area contributed by atoms with Crippen LogP contribution >= 0.6 is 49.6 Å². The van der Waals surface area contributed by atoms with Crippen LogP contribution < -0.4 is 0 Å². The molecule has 0 atom stereocenters. The first-order valence-electron chi connectivity index (χ1n) is 1.30. The van der Waals surface area contributed by atoms with Gasteiger partial charge in [0, 0.05) is 0 Å². The first-order chi connectivity index (χ1) is 2.50. The maximum atomic E-state index is 3.49. The van der Waals surface area contributed by atoms with Crippen LogP contribution in [0.1, 0.15) is 0 Å². The zero-order valence-corrected chi connectivity index (χ0v) is 7.45. The third-order valence-corrected chi connectivity index (χ3v) is 0.331. The van der Waals surface area contributed by atoms with Crippen molar-refractivity contribution in [1.29, 1.82) is 0 Å². The van der Waals surface area contributed by atoms with Crippen LogP contribution in [0.3, 0.4) is 0 Å². The molecule has 0 bridgehead atoms. The molecular formula is C2H7Cl4N3. The van der Waals surface area contributed by atoms with Crippen LogP contribution in [0.5, 0.6) is 0 Å². The van der Waals surface area contributed by atoms with Gasteiger partial charge in [-0.25, -0.2) is 0 Å². The van der Waals surface area contributed by atoms with Crippen molar-refractivity contribution in [1.82, 2.24) is 15.4 Å². The van der Waals surface area contributed by atoms with Crippen LogP contribution in [0, 0.1) is 0 Å². The molecule has 1 aromatic rings. The molecule has 0 amide bonds. The molecule has 1 N–H and O–H groups in total. The molecule has 1 aromatic heterocycles. The number of H-pyrrole nitrogens is 1. The molecule has 0 spiro atoms. The fourth-order valence-electron chi connectivity index (χ4n) is 0.167. The molecule has 0 aliphatic carbocycles. The van der Waals surface area contributed by atoms with Gasteiger partial charge < -0.3 is 0 Å². The number of nitrogens with zero attached hydrogens (tertiary/aromatic N) is 2. The summed E-state index contributed by atoms with van der Waals surface area (Å²) in [7, 11) is 0. The van der Waals surface area contributed by atoms with E-state index in [1.807, 2.05) is 0 Å². The Labute approximate surface area is 77.6 Å². The quantitative estimate of drug-likeness (QED) is 0.712. The van der Waals surface area contributed by atoms with E-state index in [1.165, 1.54) is 0 Å². The minimum Gasteiger partial charge on any atom is -0.198 e. The molecule has 0 fully saturated rings. The van der Waals surface area contributed by atoms with Crippen LogP contribution in [0.2, 0.25) is 0 Å². The third-order valence-electron chi connectivity index (χ3n) is 0.331. The second kappa shape index (κ2) is 15.7. The van der Waals surface area contributed by atoms with E-state index in [-0.39, 0.29) is 49.6 Å². The summed E-state index contributed by atoms with van der Waals surface area (Å²) in [5.74, 6) is 0. The van der Waals surface area contributed by atoms with E-state index in [9.17, 15) is 0 Å². The topological polar surface area (TPSA) is 41.6 Å². The molecule has 0 aliphatic rings. The summed E-state index contributed by atoms with van der Waals surface area (Å²) in [6, 6.07) is 0. The number of halogens is 4. The average Bonchev–Trinajstić information content (AvgIpc) is 1.76. The molecule has 1 heterocycles. The lowest BCUT2D eigenvalue weighted by atomic mass is 11.0. The smallest absolute Gasteiger partial charge is 0.0690 e. The SMILES string of the molecule is Cl.Cl.Cl.Cl.c1cn[nH]n1. The van der Waals surface area contributed by atoms with Gasteiger partial charge in [-0.05, 0) is 0 Å². The molecule has 0 aromatic carbocycles. The van der Waals surface area contributed by atoms with Gasteiger partial charge in [0.05, 0.1) is 12.4 Å². The Morgan fingerprint density at radius 3 is 1.22 bits per heavy atom. The van der Waals surface area contributed by atoms with Crippen molar-refractivity contribution in [3.8, 4) is 0 Å². The lowest BCUT2D eigenvalue weighted by molar-refractivity contribution is 0.940. The van der Waals surface area contributed by atoms with Crippen molar-refractivity contribution in [3.63, 3.8) is 0 Å². The van der Waals surface area contributed by atoms with Gasteiger partial charge in [-0.15, -0.1) is 49.6 Å². The number of aromatic amines is 1. The van der Waals surface area contributed by atoms with Crippen molar-refractivity contribution in [3.05, 3.63) is 12.4 Å². The van der Waals surface area contributed by atoms with E-state index in [1.54, 1.807) is 12.4 Å². The van der Waals surface area contributed by atoms with Gasteiger partial charge in [0.1, 0.15) is 0 Å². The Balaban J connectivity index is -0.0000000312. The highest BCUT2D eigenvalue weighted by molar-refractivity contribution is 5.86. The fourth-order valence-corrected chi connectivity index (χ4v) is 0.167. The minimum absolute atomic E-state index is 0. The van der Waals surface area contributed by atoms with Gasteiger partial charge in [0.2, 0.25) is 0 Å². The standard InChI is InChI=1S/C2H3N3.4ClH/c1-2-4-5-3-1;;;;/h1-2H,(H,3,4,5);4*1H. The minimum atomic E-state index is 0. The van der Waals surface area contributed by atoms with E-state index in [4.69, 9.17) is 0 Å². The molecule has 0 unspecified atom stereocenters. The summed E-state index contributed by atoms with van der Waals surface area (Å²) in [4.78, 5) is 0. The van der Waals surface area contributed by atoms with Gasteiger partial charge in [0.25, 0.3) is 0 Å². The summed E-state index contributed by atoms with van der Waals surface area (Å²) in [6.45, 7) is 0. The molecular weight excluding hydrogens is 208 g/mol. The monoisotopic (exact) mass is 213 g/mol. The number of nitrogens with one attached hydrogen (secondary N) is 1. The lowest BCUT2D eigenvalue weighted by Gasteiger charge is -1.48. The van der Waals surface area contributed by atoms with Crippen molar-refractivity contribution >= 4 is 49.6 Å². The van der Waals surface area contributed by atoms with Gasteiger partial charge >= 0.3 is 0 Å². The van der Waals surface area contributed by atoms with E-state index >= 15 is 0 Å². The van der Waals surface area contributed by atoms with Crippen LogP contribution in [-0.4, -0.2) is 15.4 Å². The maximum Gasteiger partial charge on any atom is 0.0690 e. The van der Waals surface area contributed by atoms with Crippen LogP contribution in [-0.2, 0) is 0 Å². The summed E-state index contributed by atoms with van der Waals surface area (Å²) >= 11 is 0. The molecule has 1 rings (SSSR count). The molecule has 0 saturated carbocycles. The molecule has 9 heavy (non-hydrogen) atoms. The van der Waals surface area contributed by atoms with E-state index in [0.29, 0.717) is 0 Å². The molecule has 3 nitrogen and oxygen atoms in total. The van der Waals surface area contributed by atoms with Gasteiger partial charge in [-0.2, -0.15) is 15.4 Å². The van der Waals surface area contributed by atoms with E-state index < -0.39 is 0 Å². The number of rotatable bonds is 0.